The van der Waals surface area contributed by atoms with E-state index in [1.165, 1.54) is 0 Å². The fourth-order valence-corrected chi connectivity index (χ4v) is 2.61. The van der Waals surface area contributed by atoms with Crippen molar-refractivity contribution in [1.29, 1.82) is 0 Å². The molecule has 0 atom stereocenters. The number of benzene rings is 2. The third-order valence-corrected chi connectivity index (χ3v) is 3.87. The number of aromatic nitrogens is 3. The number of rotatable bonds is 6. The van der Waals surface area contributed by atoms with Crippen LogP contribution in [0.1, 0.15) is 25.5 Å². The Kier molecular flexibility index (Phi) is 4.71. The minimum atomic E-state index is 0.850. The zero-order chi connectivity index (χ0) is 16.1. The Morgan fingerprint density at radius 1 is 1.00 bits per heavy atom. The molecule has 0 aliphatic heterocycles. The van der Waals surface area contributed by atoms with E-state index in [1.54, 1.807) is 7.11 Å². The van der Waals surface area contributed by atoms with Crippen LogP contribution in [0.25, 0.3) is 16.9 Å². The van der Waals surface area contributed by atoms with Crippen molar-refractivity contribution < 1.29 is 4.74 Å². The number of methoxy groups -OCH3 is 1. The molecule has 4 nitrogen and oxygen atoms in total. The van der Waals surface area contributed by atoms with E-state index >= 15 is 0 Å². The second-order valence-electron chi connectivity index (χ2n) is 5.46. The third kappa shape index (κ3) is 3.26. The summed E-state index contributed by atoms with van der Waals surface area (Å²) in [5, 5.41) is 8.82. The van der Waals surface area contributed by atoms with Crippen LogP contribution < -0.4 is 4.74 Å². The van der Waals surface area contributed by atoms with E-state index in [4.69, 9.17) is 4.74 Å². The van der Waals surface area contributed by atoms with Crippen molar-refractivity contribution in [3.05, 3.63) is 60.3 Å². The molecule has 118 valence electrons. The zero-order valence-corrected chi connectivity index (χ0v) is 13.6. The first-order valence-corrected chi connectivity index (χ1v) is 7.98. The SMILES string of the molecule is CCCCc1nnn(-c2ccccc2)c1-c1ccc(OC)cc1. The van der Waals surface area contributed by atoms with Crippen molar-refractivity contribution in [2.45, 2.75) is 26.2 Å². The van der Waals surface area contributed by atoms with Crippen molar-refractivity contribution in [3.63, 3.8) is 0 Å². The Morgan fingerprint density at radius 2 is 1.74 bits per heavy atom. The van der Waals surface area contributed by atoms with Gasteiger partial charge in [-0.1, -0.05) is 36.8 Å². The third-order valence-electron chi connectivity index (χ3n) is 3.87. The van der Waals surface area contributed by atoms with Crippen molar-refractivity contribution in [2.75, 3.05) is 7.11 Å². The summed E-state index contributed by atoms with van der Waals surface area (Å²) < 4.78 is 7.18. The number of unbranched alkanes of at least 4 members (excludes halogenated alkanes) is 1. The topological polar surface area (TPSA) is 39.9 Å². The quantitative estimate of drug-likeness (QED) is 0.682. The first-order valence-electron chi connectivity index (χ1n) is 7.98. The normalized spacial score (nSPS) is 10.7. The van der Waals surface area contributed by atoms with Crippen LogP contribution in [-0.4, -0.2) is 22.1 Å². The van der Waals surface area contributed by atoms with Crippen LogP contribution >= 0.6 is 0 Å². The number of nitrogens with zero attached hydrogens (tertiary/aromatic N) is 3. The maximum absolute atomic E-state index is 5.26. The number of hydrogen-bond acceptors (Lipinski definition) is 3. The van der Waals surface area contributed by atoms with Crippen LogP contribution in [0.2, 0.25) is 0 Å². The van der Waals surface area contributed by atoms with E-state index in [1.807, 2.05) is 47.1 Å². The zero-order valence-electron chi connectivity index (χ0n) is 13.6. The lowest BCUT2D eigenvalue weighted by Gasteiger charge is -2.09. The van der Waals surface area contributed by atoms with Gasteiger partial charge in [0.15, 0.2) is 0 Å². The van der Waals surface area contributed by atoms with Crippen LogP contribution in [0.4, 0.5) is 0 Å². The Morgan fingerprint density at radius 3 is 2.39 bits per heavy atom. The molecule has 1 aromatic heterocycles. The van der Waals surface area contributed by atoms with Crippen LogP contribution in [0, 0.1) is 0 Å². The molecule has 3 rings (SSSR count). The number of ether oxygens (including phenoxy) is 1. The monoisotopic (exact) mass is 307 g/mol. The van der Waals surface area contributed by atoms with Crippen LogP contribution in [0.5, 0.6) is 5.75 Å². The molecule has 1 heterocycles. The number of aryl methyl sites for hydroxylation is 1. The molecule has 0 radical (unpaired) electrons. The summed E-state index contributed by atoms with van der Waals surface area (Å²) in [7, 11) is 1.68. The van der Waals surface area contributed by atoms with Crippen molar-refractivity contribution in [1.82, 2.24) is 15.0 Å². The lowest BCUT2D eigenvalue weighted by Crippen LogP contribution is -2.00. The van der Waals surface area contributed by atoms with Gasteiger partial charge in [-0.3, -0.25) is 0 Å². The van der Waals surface area contributed by atoms with Crippen LogP contribution in [-0.2, 0) is 6.42 Å². The second kappa shape index (κ2) is 7.09. The molecule has 0 bridgehead atoms. The summed E-state index contributed by atoms with van der Waals surface area (Å²) in [4.78, 5) is 0. The Labute approximate surface area is 136 Å². The highest BCUT2D eigenvalue weighted by Crippen LogP contribution is 2.28. The van der Waals surface area contributed by atoms with E-state index < -0.39 is 0 Å². The lowest BCUT2D eigenvalue weighted by molar-refractivity contribution is 0.415. The highest BCUT2D eigenvalue weighted by Gasteiger charge is 2.16. The van der Waals surface area contributed by atoms with E-state index in [0.29, 0.717) is 0 Å². The second-order valence-corrected chi connectivity index (χ2v) is 5.46. The number of para-hydroxylation sites is 1. The van der Waals surface area contributed by atoms with Crippen LogP contribution in [0.15, 0.2) is 54.6 Å². The average Bonchev–Trinajstić information content (AvgIpc) is 3.04. The molecular weight excluding hydrogens is 286 g/mol. The molecule has 0 N–H and O–H groups in total. The fraction of sp³-hybridized carbons (Fsp3) is 0.263. The van der Waals surface area contributed by atoms with Gasteiger partial charge in [0, 0.05) is 5.56 Å². The predicted molar refractivity (Wildman–Crippen MR) is 92.0 cm³/mol. The summed E-state index contributed by atoms with van der Waals surface area (Å²) in [6.07, 6.45) is 3.18. The first-order chi connectivity index (χ1) is 11.3. The summed E-state index contributed by atoms with van der Waals surface area (Å²) >= 11 is 0. The maximum atomic E-state index is 5.26. The molecule has 0 saturated carbocycles. The molecule has 2 aromatic carbocycles. The van der Waals surface area contributed by atoms with E-state index in [0.717, 1.165) is 47.7 Å². The molecule has 4 heteroatoms. The molecule has 0 saturated heterocycles. The molecule has 0 amide bonds. The molecule has 0 aliphatic rings. The van der Waals surface area contributed by atoms with Gasteiger partial charge >= 0.3 is 0 Å². The molecule has 0 unspecified atom stereocenters. The van der Waals surface area contributed by atoms with Gasteiger partial charge in [-0.25, -0.2) is 4.68 Å². The number of hydrogen-bond donors (Lipinski definition) is 0. The first kappa shape index (κ1) is 15.3. The molecule has 3 aromatic rings. The van der Waals surface area contributed by atoms with Gasteiger partial charge in [-0.15, -0.1) is 5.10 Å². The molecule has 0 fully saturated rings. The Bertz CT molecular complexity index is 748. The van der Waals surface area contributed by atoms with Crippen molar-refractivity contribution in [3.8, 4) is 22.7 Å². The highest BCUT2D eigenvalue weighted by atomic mass is 16.5. The molecular formula is C19H21N3O. The standard InChI is InChI=1S/C19H21N3O/c1-3-4-10-18-19(15-11-13-17(23-2)14-12-15)22(21-20-18)16-8-6-5-7-9-16/h5-9,11-14H,3-4,10H2,1-2H3. The van der Waals surface area contributed by atoms with Crippen molar-refractivity contribution in [2.24, 2.45) is 0 Å². The summed E-state index contributed by atoms with van der Waals surface area (Å²) in [5.41, 5.74) is 4.23. The van der Waals surface area contributed by atoms with Gasteiger partial charge in [0.05, 0.1) is 24.2 Å². The lowest BCUT2D eigenvalue weighted by atomic mass is 10.1. The summed E-state index contributed by atoms with van der Waals surface area (Å²) in [5.74, 6) is 0.850. The van der Waals surface area contributed by atoms with Crippen molar-refractivity contribution >= 4 is 0 Å². The molecule has 23 heavy (non-hydrogen) atoms. The minimum Gasteiger partial charge on any atom is -0.497 e. The van der Waals surface area contributed by atoms with Gasteiger partial charge < -0.3 is 4.74 Å². The van der Waals surface area contributed by atoms with Gasteiger partial charge in [-0.05, 0) is 49.2 Å². The van der Waals surface area contributed by atoms with Crippen LogP contribution in [0.3, 0.4) is 0 Å². The Balaban J connectivity index is 2.08. The molecule has 0 aliphatic carbocycles. The fourth-order valence-electron chi connectivity index (χ4n) is 2.61. The van der Waals surface area contributed by atoms with E-state index in [9.17, 15) is 0 Å². The van der Waals surface area contributed by atoms with Gasteiger partial charge in [0.1, 0.15) is 5.75 Å². The highest BCUT2D eigenvalue weighted by molar-refractivity contribution is 5.65. The largest absolute Gasteiger partial charge is 0.497 e. The minimum absolute atomic E-state index is 0.850. The van der Waals surface area contributed by atoms with E-state index in [-0.39, 0.29) is 0 Å². The smallest absolute Gasteiger partial charge is 0.118 e. The summed E-state index contributed by atoms with van der Waals surface area (Å²) in [6.45, 7) is 2.19. The predicted octanol–water partition coefficient (Wildman–Crippen LogP) is 4.29. The van der Waals surface area contributed by atoms with Gasteiger partial charge in [0.2, 0.25) is 0 Å². The molecule has 0 spiro atoms. The maximum Gasteiger partial charge on any atom is 0.118 e. The average molecular weight is 307 g/mol. The Hall–Kier alpha value is -2.62. The van der Waals surface area contributed by atoms with Gasteiger partial charge in [0.25, 0.3) is 0 Å². The van der Waals surface area contributed by atoms with Gasteiger partial charge in [-0.2, -0.15) is 0 Å². The van der Waals surface area contributed by atoms with E-state index in [2.05, 4.69) is 29.4 Å². The summed E-state index contributed by atoms with van der Waals surface area (Å²) in [6, 6.07) is 18.2.